The van der Waals surface area contributed by atoms with Crippen molar-refractivity contribution in [2.24, 2.45) is 0 Å². The van der Waals surface area contributed by atoms with Crippen LogP contribution in [0.5, 0.6) is 0 Å². The molecule has 1 saturated heterocycles. The topological polar surface area (TPSA) is 66.9 Å². The van der Waals surface area contributed by atoms with Gasteiger partial charge >= 0.3 is 5.97 Å². The first-order chi connectivity index (χ1) is 13.3. The van der Waals surface area contributed by atoms with Gasteiger partial charge in [0.1, 0.15) is 0 Å². The third kappa shape index (κ3) is 6.11. The van der Waals surface area contributed by atoms with Crippen molar-refractivity contribution in [3.8, 4) is 0 Å². The van der Waals surface area contributed by atoms with Gasteiger partial charge in [-0.15, -0.1) is 0 Å². The molecule has 6 nitrogen and oxygen atoms in total. The fourth-order valence-electron chi connectivity index (χ4n) is 2.67. The van der Waals surface area contributed by atoms with E-state index in [0.29, 0.717) is 29.7 Å². The maximum absolute atomic E-state index is 12.5. The Hall–Kier alpha value is -2.31. The molecule has 1 aromatic rings. The third-order valence-corrected chi connectivity index (χ3v) is 4.95. The summed E-state index contributed by atoms with van der Waals surface area (Å²) < 4.78 is 4.89. The van der Waals surface area contributed by atoms with Gasteiger partial charge < -0.3 is 14.5 Å². The van der Waals surface area contributed by atoms with Crippen molar-refractivity contribution in [1.29, 1.82) is 0 Å². The zero-order chi connectivity index (χ0) is 20.7. The van der Waals surface area contributed by atoms with Crippen molar-refractivity contribution in [3.05, 3.63) is 52.0 Å². The van der Waals surface area contributed by atoms with E-state index in [1.165, 1.54) is 11.0 Å². The van der Waals surface area contributed by atoms with E-state index in [4.69, 9.17) is 27.9 Å². The maximum atomic E-state index is 12.5. The molecule has 1 heterocycles. The summed E-state index contributed by atoms with van der Waals surface area (Å²) in [6.45, 7) is 6.74. The van der Waals surface area contributed by atoms with Gasteiger partial charge in [-0.25, -0.2) is 4.79 Å². The summed E-state index contributed by atoms with van der Waals surface area (Å²) in [5.74, 6) is -0.851. The Bertz CT molecular complexity index is 807. The van der Waals surface area contributed by atoms with E-state index < -0.39 is 5.97 Å². The number of esters is 1. The molecule has 150 valence electrons. The Kier molecular flexibility index (Phi) is 8.08. The van der Waals surface area contributed by atoms with Crippen LogP contribution in [0.25, 0.3) is 6.08 Å². The summed E-state index contributed by atoms with van der Waals surface area (Å²) >= 11 is 11.9. The minimum atomic E-state index is -0.517. The molecule has 28 heavy (non-hydrogen) atoms. The average molecular weight is 425 g/mol. The number of halogens is 2. The van der Waals surface area contributed by atoms with Crippen molar-refractivity contribution in [3.63, 3.8) is 0 Å². The fourth-order valence-corrected chi connectivity index (χ4v) is 2.98. The second-order valence-electron chi connectivity index (χ2n) is 6.22. The summed E-state index contributed by atoms with van der Waals surface area (Å²) in [5.41, 5.74) is 0.968. The molecule has 0 bridgehead atoms. The molecule has 8 heteroatoms. The Morgan fingerprint density at radius 3 is 2.64 bits per heavy atom. The van der Waals surface area contributed by atoms with Gasteiger partial charge in [-0.1, -0.05) is 35.8 Å². The van der Waals surface area contributed by atoms with Crippen LogP contribution in [0.4, 0.5) is 0 Å². The zero-order valence-corrected chi connectivity index (χ0v) is 17.1. The van der Waals surface area contributed by atoms with Crippen LogP contribution in [0, 0.1) is 0 Å². The number of carbonyl (C=O) groups is 3. The molecule has 1 aliphatic rings. The Morgan fingerprint density at radius 1 is 1.21 bits per heavy atom. The predicted octanol–water partition coefficient (Wildman–Crippen LogP) is 3.19. The molecule has 0 unspecified atom stereocenters. The lowest BCUT2D eigenvalue weighted by atomic mass is 10.2. The molecule has 1 aliphatic heterocycles. The highest BCUT2D eigenvalue weighted by Crippen LogP contribution is 2.23. The first-order valence-electron chi connectivity index (χ1n) is 8.86. The van der Waals surface area contributed by atoms with Gasteiger partial charge in [0.25, 0.3) is 0 Å². The molecular formula is C20H22Cl2N2O4. The summed E-state index contributed by atoms with van der Waals surface area (Å²) in [4.78, 5) is 39.6. The first-order valence-corrected chi connectivity index (χ1v) is 9.62. The van der Waals surface area contributed by atoms with Crippen molar-refractivity contribution in [1.82, 2.24) is 9.80 Å². The normalized spacial score (nSPS) is 14.9. The van der Waals surface area contributed by atoms with Crippen LogP contribution in [0.2, 0.25) is 10.0 Å². The van der Waals surface area contributed by atoms with Crippen LogP contribution in [-0.2, 0) is 19.1 Å². The highest BCUT2D eigenvalue weighted by molar-refractivity contribution is 6.42. The second-order valence-corrected chi connectivity index (χ2v) is 7.04. The standard InChI is InChI=1S/C20H22Cl2N2O4/c1-3-28-20(27)14(2)13-24-11-10-23(9-8-19(24)26)18(25)7-5-15-4-6-16(21)17(22)12-15/h4-7,12H,2-3,8-11,13H2,1H3. The summed E-state index contributed by atoms with van der Waals surface area (Å²) in [6.07, 6.45) is 3.28. The Balaban J connectivity index is 1.95. The first kappa shape index (κ1) is 22.0. The number of hydrogen-bond acceptors (Lipinski definition) is 4. The fraction of sp³-hybridized carbons (Fsp3) is 0.350. The molecule has 0 spiro atoms. The number of rotatable bonds is 6. The highest BCUT2D eigenvalue weighted by Gasteiger charge is 2.24. The van der Waals surface area contributed by atoms with Crippen LogP contribution in [-0.4, -0.2) is 60.4 Å². The zero-order valence-electron chi connectivity index (χ0n) is 15.6. The minimum absolute atomic E-state index is 0.0960. The lowest BCUT2D eigenvalue weighted by molar-refractivity contribution is -0.139. The predicted molar refractivity (Wildman–Crippen MR) is 109 cm³/mol. The van der Waals surface area contributed by atoms with Gasteiger partial charge in [0.15, 0.2) is 0 Å². The van der Waals surface area contributed by atoms with Gasteiger partial charge in [0.05, 0.1) is 23.2 Å². The van der Waals surface area contributed by atoms with E-state index in [1.807, 2.05) is 0 Å². The number of hydrogen-bond donors (Lipinski definition) is 0. The minimum Gasteiger partial charge on any atom is -0.463 e. The molecule has 1 fully saturated rings. The van der Waals surface area contributed by atoms with Crippen molar-refractivity contribution in [2.45, 2.75) is 13.3 Å². The summed E-state index contributed by atoms with van der Waals surface area (Å²) in [7, 11) is 0. The highest BCUT2D eigenvalue weighted by atomic mass is 35.5. The van der Waals surface area contributed by atoms with Crippen molar-refractivity contribution < 1.29 is 19.1 Å². The van der Waals surface area contributed by atoms with Crippen LogP contribution in [0.1, 0.15) is 18.9 Å². The largest absolute Gasteiger partial charge is 0.463 e. The molecule has 1 aromatic carbocycles. The molecule has 0 radical (unpaired) electrons. The Morgan fingerprint density at radius 2 is 1.96 bits per heavy atom. The lowest BCUT2D eigenvalue weighted by Gasteiger charge is -2.22. The van der Waals surface area contributed by atoms with Gasteiger partial charge in [0.2, 0.25) is 11.8 Å². The van der Waals surface area contributed by atoms with Gasteiger partial charge in [-0.2, -0.15) is 0 Å². The average Bonchev–Trinajstić information content (AvgIpc) is 2.84. The van der Waals surface area contributed by atoms with Gasteiger partial charge in [0, 0.05) is 37.7 Å². The van der Waals surface area contributed by atoms with E-state index >= 15 is 0 Å². The SMILES string of the molecule is C=C(CN1CCN(C(=O)C=Cc2ccc(Cl)c(Cl)c2)CCC1=O)C(=O)OCC. The quantitative estimate of drug-likeness (QED) is 0.519. The monoisotopic (exact) mass is 424 g/mol. The van der Waals surface area contributed by atoms with Crippen LogP contribution < -0.4 is 0 Å². The van der Waals surface area contributed by atoms with E-state index in [2.05, 4.69) is 6.58 Å². The molecule has 0 aromatic heterocycles. The number of ether oxygens (including phenoxy) is 1. The smallest absolute Gasteiger partial charge is 0.335 e. The number of benzene rings is 1. The van der Waals surface area contributed by atoms with Gasteiger partial charge in [-0.05, 0) is 30.7 Å². The third-order valence-electron chi connectivity index (χ3n) is 4.21. The van der Waals surface area contributed by atoms with Crippen LogP contribution in [0.3, 0.4) is 0 Å². The van der Waals surface area contributed by atoms with Crippen LogP contribution in [0.15, 0.2) is 36.4 Å². The van der Waals surface area contributed by atoms with E-state index in [9.17, 15) is 14.4 Å². The molecular weight excluding hydrogens is 403 g/mol. The second kappa shape index (κ2) is 10.3. The van der Waals surface area contributed by atoms with Crippen molar-refractivity contribution in [2.75, 3.05) is 32.8 Å². The Labute approximate surface area is 174 Å². The van der Waals surface area contributed by atoms with Crippen molar-refractivity contribution >= 4 is 47.1 Å². The van der Waals surface area contributed by atoms with E-state index in [-0.39, 0.29) is 37.0 Å². The molecule has 0 aliphatic carbocycles. The number of carbonyl (C=O) groups excluding carboxylic acids is 3. The number of nitrogens with zero attached hydrogens (tertiary/aromatic N) is 2. The molecule has 0 N–H and O–H groups in total. The lowest BCUT2D eigenvalue weighted by Crippen LogP contribution is -2.37. The summed E-state index contributed by atoms with van der Waals surface area (Å²) in [5, 5.41) is 0.856. The van der Waals surface area contributed by atoms with E-state index in [1.54, 1.807) is 36.1 Å². The molecule has 2 amide bonds. The van der Waals surface area contributed by atoms with Crippen LogP contribution >= 0.6 is 23.2 Å². The molecule has 0 atom stereocenters. The maximum Gasteiger partial charge on any atom is 0.335 e. The molecule has 2 rings (SSSR count). The number of amides is 2. The summed E-state index contributed by atoms with van der Waals surface area (Å²) in [6, 6.07) is 5.09. The molecule has 0 saturated carbocycles. The van der Waals surface area contributed by atoms with Gasteiger partial charge in [-0.3, -0.25) is 9.59 Å². The van der Waals surface area contributed by atoms with E-state index in [0.717, 1.165) is 5.56 Å².